The summed E-state index contributed by atoms with van der Waals surface area (Å²) in [7, 11) is 0. The van der Waals surface area contributed by atoms with Crippen LogP contribution in [0.25, 0.3) is 0 Å². The van der Waals surface area contributed by atoms with E-state index in [2.05, 4.69) is 4.90 Å². The molecule has 0 aliphatic carbocycles. The molecule has 1 aromatic rings. The largest absolute Gasteiger partial charge is 0.359 e. The smallest absolute Gasteiger partial charge is 0.119 e. The van der Waals surface area contributed by atoms with Gasteiger partial charge in [-0.2, -0.15) is 0 Å². The van der Waals surface area contributed by atoms with Crippen molar-refractivity contribution < 1.29 is 4.74 Å². The predicted molar refractivity (Wildman–Crippen MR) is 54.6 cm³/mol. The Bertz CT molecular complexity index is 290. The fraction of sp³-hybridized carbons (Fsp3) is 0.333. The molecule has 1 heterocycles. The van der Waals surface area contributed by atoms with E-state index in [0.717, 1.165) is 18.8 Å². The lowest BCUT2D eigenvalue weighted by Crippen LogP contribution is -2.18. The van der Waals surface area contributed by atoms with E-state index in [1.54, 1.807) is 6.07 Å². The van der Waals surface area contributed by atoms with Crippen LogP contribution in [-0.4, -0.2) is 19.9 Å². The zero-order valence-electron chi connectivity index (χ0n) is 6.96. The second-order valence-corrected chi connectivity index (χ2v) is 3.80. The van der Waals surface area contributed by atoms with E-state index < -0.39 is 0 Å². The van der Waals surface area contributed by atoms with Gasteiger partial charge in [0, 0.05) is 22.3 Å². The SMILES string of the molecule is Clc1cc(Cl)cc(N2CCOC2)c1. The minimum absolute atomic E-state index is 0.622. The first-order chi connectivity index (χ1) is 6.25. The van der Waals surface area contributed by atoms with Gasteiger partial charge in [-0.3, -0.25) is 0 Å². The monoisotopic (exact) mass is 217 g/mol. The highest BCUT2D eigenvalue weighted by atomic mass is 35.5. The summed E-state index contributed by atoms with van der Waals surface area (Å²) in [5, 5.41) is 1.32. The van der Waals surface area contributed by atoms with Crippen LogP contribution in [0.3, 0.4) is 0 Å². The Morgan fingerprint density at radius 3 is 2.38 bits per heavy atom. The summed E-state index contributed by atoms with van der Waals surface area (Å²) >= 11 is 11.8. The Balaban J connectivity index is 2.28. The Kier molecular flexibility index (Phi) is 2.63. The molecule has 70 valence electrons. The average Bonchev–Trinajstić information content (AvgIpc) is 2.53. The minimum Gasteiger partial charge on any atom is -0.359 e. The van der Waals surface area contributed by atoms with Gasteiger partial charge in [-0.15, -0.1) is 0 Å². The molecule has 2 rings (SSSR count). The van der Waals surface area contributed by atoms with Crippen LogP contribution in [0.1, 0.15) is 0 Å². The van der Waals surface area contributed by atoms with Crippen LogP contribution in [0.15, 0.2) is 18.2 Å². The third kappa shape index (κ3) is 2.08. The molecule has 0 N–H and O–H groups in total. The highest BCUT2D eigenvalue weighted by Gasteiger charge is 2.13. The maximum absolute atomic E-state index is 5.88. The minimum atomic E-state index is 0.622. The summed E-state index contributed by atoms with van der Waals surface area (Å²) in [6.07, 6.45) is 0. The van der Waals surface area contributed by atoms with Gasteiger partial charge in [0.05, 0.1) is 6.61 Å². The van der Waals surface area contributed by atoms with Gasteiger partial charge in [0.25, 0.3) is 0 Å². The molecule has 0 atom stereocenters. The molecule has 1 aliphatic heterocycles. The Morgan fingerprint density at radius 1 is 1.15 bits per heavy atom. The van der Waals surface area contributed by atoms with E-state index in [-0.39, 0.29) is 0 Å². The van der Waals surface area contributed by atoms with Gasteiger partial charge in [-0.25, -0.2) is 0 Å². The van der Waals surface area contributed by atoms with Crippen molar-refractivity contribution in [1.29, 1.82) is 0 Å². The molecular formula is C9H9Cl2NO. The maximum atomic E-state index is 5.88. The molecule has 1 saturated heterocycles. The first-order valence-electron chi connectivity index (χ1n) is 4.04. The summed E-state index contributed by atoms with van der Waals surface area (Å²) in [5.74, 6) is 0. The molecule has 1 aliphatic rings. The Labute approximate surface area is 87.0 Å². The fourth-order valence-corrected chi connectivity index (χ4v) is 1.85. The molecule has 13 heavy (non-hydrogen) atoms. The normalized spacial score (nSPS) is 16.6. The van der Waals surface area contributed by atoms with E-state index >= 15 is 0 Å². The highest BCUT2D eigenvalue weighted by Crippen LogP contribution is 2.26. The van der Waals surface area contributed by atoms with E-state index in [1.165, 1.54) is 0 Å². The number of anilines is 1. The van der Waals surface area contributed by atoms with Crippen molar-refractivity contribution in [2.75, 3.05) is 24.8 Å². The Morgan fingerprint density at radius 2 is 1.85 bits per heavy atom. The van der Waals surface area contributed by atoms with Crippen molar-refractivity contribution in [3.05, 3.63) is 28.2 Å². The van der Waals surface area contributed by atoms with Gasteiger partial charge in [0.2, 0.25) is 0 Å². The molecule has 0 unspecified atom stereocenters. The van der Waals surface area contributed by atoms with Gasteiger partial charge in [-0.1, -0.05) is 23.2 Å². The third-order valence-electron chi connectivity index (χ3n) is 1.97. The topological polar surface area (TPSA) is 12.5 Å². The fourth-order valence-electron chi connectivity index (χ4n) is 1.34. The zero-order chi connectivity index (χ0) is 9.26. The zero-order valence-corrected chi connectivity index (χ0v) is 8.48. The van der Waals surface area contributed by atoms with E-state index in [9.17, 15) is 0 Å². The number of halogens is 2. The molecule has 0 spiro atoms. The van der Waals surface area contributed by atoms with Crippen molar-refractivity contribution in [3.63, 3.8) is 0 Å². The van der Waals surface area contributed by atoms with Gasteiger partial charge in [0.15, 0.2) is 0 Å². The number of ether oxygens (including phenoxy) is 1. The molecule has 4 heteroatoms. The van der Waals surface area contributed by atoms with E-state index in [1.807, 2.05) is 12.1 Å². The van der Waals surface area contributed by atoms with Crippen molar-refractivity contribution in [2.24, 2.45) is 0 Å². The van der Waals surface area contributed by atoms with Crippen molar-refractivity contribution >= 4 is 28.9 Å². The number of hydrogen-bond donors (Lipinski definition) is 0. The molecule has 2 nitrogen and oxygen atoms in total. The first kappa shape index (κ1) is 9.13. The van der Waals surface area contributed by atoms with Crippen LogP contribution in [0.5, 0.6) is 0 Å². The number of hydrogen-bond acceptors (Lipinski definition) is 2. The average molecular weight is 218 g/mol. The molecule has 1 aromatic carbocycles. The lowest BCUT2D eigenvalue weighted by atomic mass is 10.3. The lowest BCUT2D eigenvalue weighted by Gasteiger charge is -2.15. The molecule has 0 amide bonds. The van der Waals surface area contributed by atoms with Crippen LogP contribution in [0.2, 0.25) is 10.0 Å². The molecule has 0 saturated carbocycles. The van der Waals surface area contributed by atoms with E-state index in [4.69, 9.17) is 27.9 Å². The number of benzene rings is 1. The van der Waals surface area contributed by atoms with E-state index in [0.29, 0.717) is 16.8 Å². The summed E-state index contributed by atoms with van der Waals surface area (Å²) in [6, 6.07) is 5.51. The van der Waals surface area contributed by atoms with Crippen LogP contribution < -0.4 is 4.90 Å². The van der Waals surface area contributed by atoms with Gasteiger partial charge < -0.3 is 9.64 Å². The molecule has 0 bridgehead atoms. The Hall–Kier alpha value is -0.440. The third-order valence-corrected chi connectivity index (χ3v) is 2.40. The lowest BCUT2D eigenvalue weighted by molar-refractivity contribution is 0.201. The number of nitrogens with zero attached hydrogens (tertiary/aromatic N) is 1. The molecule has 1 fully saturated rings. The molecular weight excluding hydrogens is 209 g/mol. The highest BCUT2D eigenvalue weighted by molar-refractivity contribution is 6.35. The standard InChI is InChI=1S/C9H9Cl2NO/c10-7-3-8(11)5-9(4-7)12-1-2-13-6-12/h3-5H,1-2,6H2. The maximum Gasteiger partial charge on any atom is 0.119 e. The number of rotatable bonds is 1. The summed E-state index contributed by atoms with van der Waals surface area (Å²) in [5.41, 5.74) is 1.02. The van der Waals surface area contributed by atoms with Crippen LogP contribution in [-0.2, 0) is 4.74 Å². The molecule has 0 aromatic heterocycles. The van der Waals surface area contributed by atoms with Crippen molar-refractivity contribution in [1.82, 2.24) is 0 Å². The predicted octanol–water partition coefficient (Wildman–Crippen LogP) is 2.79. The van der Waals surface area contributed by atoms with Gasteiger partial charge in [-0.05, 0) is 18.2 Å². The van der Waals surface area contributed by atoms with Crippen molar-refractivity contribution in [2.45, 2.75) is 0 Å². The second kappa shape index (κ2) is 3.74. The summed E-state index contributed by atoms with van der Waals surface area (Å²) in [4.78, 5) is 2.10. The molecule has 0 radical (unpaired) electrons. The van der Waals surface area contributed by atoms with Crippen LogP contribution in [0.4, 0.5) is 5.69 Å². The van der Waals surface area contributed by atoms with Crippen molar-refractivity contribution in [3.8, 4) is 0 Å². The summed E-state index contributed by atoms with van der Waals surface area (Å²) < 4.78 is 5.23. The second-order valence-electron chi connectivity index (χ2n) is 2.93. The first-order valence-corrected chi connectivity index (χ1v) is 4.80. The van der Waals surface area contributed by atoms with Gasteiger partial charge >= 0.3 is 0 Å². The van der Waals surface area contributed by atoms with Crippen LogP contribution >= 0.6 is 23.2 Å². The quantitative estimate of drug-likeness (QED) is 0.718. The van der Waals surface area contributed by atoms with Crippen LogP contribution in [0, 0.1) is 0 Å². The summed E-state index contributed by atoms with van der Waals surface area (Å²) in [6.45, 7) is 2.29. The van der Waals surface area contributed by atoms with Gasteiger partial charge in [0.1, 0.15) is 6.73 Å².